The Balaban J connectivity index is 1.81. The van der Waals surface area contributed by atoms with E-state index >= 15 is 0 Å². The third-order valence-electron chi connectivity index (χ3n) is 5.32. The van der Waals surface area contributed by atoms with Gasteiger partial charge in [0.1, 0.15) is 0 Å². The highest BCUT2D eigenvalue weighted by Crippen LogP contribution is 2.29. The van der Waals surface area contributed by atoms with Gasteiger partial charge in [0.05, 0.1) is 11.7 Å². The molecule has 0 unspecified atom stereocenters. The Labute approximate surface area is 163 Å². The summed E-state index contributed by atoms with van der Waals surface area (Å²) >= 11 is 0. The number of amides is 1. The van der Waals surface area contributed by atoms with Gasteiger partial charge < -0.3 is 10.2 Å². The van der Waals surface area contributed by atoms with Crippen LogP contribution in [-0.4, -0.2) is 35.4 Å². The third kappa shape index (κ3) is 5.16. The largest absolute Gasteiger partial charge is 0.343 e. The summed E-state index contributed by atoms with van der Waals surface area (Å²) in [6.45, 7) is 9.77. The van der Waals surface area contributed by atoms with Crippen molar-refractivity contribution in [3.63, 3.8) is 0 Å². The van der Waals surface area contributed by atoms with Crippen molar-refractivity contribution < 1.29 is 4.79 Å². The van der Waals surface area contributed by atoms with Crippen LogP contribution in [0.1, 0.15) is 54.3 Å². The summed E-state index contributed by atoms with van der Waals surface area (Å²) in [7, 11) is 0. The van der Waals surface area contributed by atoms with Crippen molar-refractivity contribution in [1.82, 2.24) is 15.2 Å². The highest BCUT2D eigenvalue weighted by atomic mass is 16.1. The van der Waals surface area contributed by atoms with Gasteiger partial charge in [-0.3, -0.25) is 9.78 Å². The second kappa shape index (κ2) is 9.14. The number of benzene rings is 1. The molecule has 0 spiro atoms. The zero-order chi connectivity index (χ0) is 19.2. The first kappa shape index (κ1) is 19.6. The highest BCUT2D eigenvalue weighted by Gasteiger charge is 2.31. The SMILES string of the molecule is Cc1ccccc1C(=O)N[C@@H](c1ccccn1)[C@@H]1CCCN(CC(C)C)C1. The fourth-order valence-corrected chi connectivity index (χ4v) is 4.09. The van der Waals surface area contributed by atoms with E-state index in [1.807, 2.05) is 55.6 Å². The minimum atomic E-state index is -0.0618. The molecule has 2 aromatic rings. The number of hydrogen-bond donors (Lipinski definition) is 1. The van der Waals surface area contributed by atoms with Crippen LogP contribution in [0, 0.1) is 18.8 Å². The summed E-state index contributed by atoms with van der Waals surface area (Å²) < 4.78 is 0. The molecule has 27 heavy (non-hydrogen) atoms. The maximum atomic E-state index is 13.0. The van der Waals surface area contributed by atoms with Gasteiger partial charge in [0.25, 0.3) is 5.91 Å². The lowest BCUT2D eigenvalue weighted by atomic mass is 9.87. The molecule has 1 aliphatic rings. The predicted octanol–water partition coefficient (Wildman–Crippen LogP) is 4.23. The molecular formula is C23H31N3O. The minimum Gasteiger partial charge on any atom is -0.343 e. The van der Waals surface area contributed by atoms with Gasteiger partial charge in [0, 0.05) is 24.8 Å². The first-order chi connectivity index (χ1) is 13.0. The van der Waals surface area contributed by atoms with E-state index in [9.17, 15) is 4.79 Å². The fraction of sp³-hybridized carbons (Fsp3) is 0.478. The second-order valence-electron chi connectivity index (χ2n) is 8.08. The zero-order valence-electron chi connectivity index (χ0n) is 16.7. The molecule has 0 radical (unpaired) electrons. The average molecular weight is 366 g/mol. The molecule has 1 saturated heterocycles. The standard InChI is InChI=1S/C23H31N3O/c1-17(2)15-26-14-8-10-19(16-26)22(21-12-6-7-13-24-21)25-23(27)20-11-5-4-9-18(20)3/h4-7,9,11-13,17,19,22H,8,10,14-16H2,1-3H3,(H,25,27)/t19-,22-/m1/s1. The van der Waals surface area contributed by atoms with E-state index in [0.717, 1.165) is 42.9 Å². The van der Waals surface area contributed by atoms with E-state index in [0.29, 0.717) is 11.8 Å². The number of rotatable bonds is 6. The number of piperidine rings is 1. The molecule has 4 heteroatoms. The number of carbonyl (C=O) groups excluding carboxylic acids is 1. The van der Waals surface area contributed by atoms with Crippen molar-refractivity contribution >= 4 is 5.91 Å². The van der Waals surface area contributed by atoms with E-state index in [-0.39, 0.29) is 11.9 Å². The van der Waals surface area contributed by atoms with Gasteiger partial charge in [-0.05, 0) is 61.9 Å². The first-order valence-corrected chi connectivity index (χ1v) is 10.0. The molecule has 2 atom stereocenters. The number of pyridine rings is 1. The molecule has 0 bridgehead atoms. The van der Waals surface area contributed by atoms with Crippen LogP contribution < -0.4 is 5.32 Å². The van der Waals surface area contributed by atoms with E-state index in [4.69, 9.17) is 0 Å². The smallest absolute Gasteiger partial charge is 0.252 e. The average Bonchev–Trinajstić information content (AvgIpc) is 2.66. The van der Waals surface area contributed by atoms with E-state index in [2.05, 4.69) is 29.0 Å². The van der Waals surface area contributed by atoms with Crippen LogP contribution in [0.3, 0.4) is 0 Å². The molecule has 3 rings (SSSR count). The highest BCUT2D eigenvalue weighted by molar-refractivity contribution is 5.95. The number of likely N-dealkylation sites (tertiary alicyclic amines) is 1. The van der Waals surface area contributed by atoms with Gasteiger partial charge in [0.2, 0.25) is 0 Å². The van der Waals surface area contributed by atoms with Crippen molar-refractivity contribution in [2.24, 2.45) is 11.8 Å². The molecule has 1 N–H and O–H groups in total. The predicted molar refractivity (Wildman–Crippen MR) is 110 cm³/mol. The minimum absolute atomic E-state index is 0.00950. The normalized spacial score (nSPS) is 19.0. The molecule has 1 aromatic heterocycles. The monoisotopic (exact) mass is 365 g/mol. The molecule has 4 nitrogen and oxygen atoms in total. The van der Waals surface area contributed by atoms with Crippen LogP contribution in [0.5, 0.6) is 0 Å². The quantitative estimate of drug-likeness (QED) is 0.833. The van der Waals surface area contributed by atoms with Crippen LogP contribution in [0.15, 0.2) is 48.7 Å². The summed E-state index contributed by atoms with van der Waals surface area (Å²) in [5.74, 6) is 1.02. The van der Waals surface area contributed by atoms with Gasteiger partial charge in [-0.15, -0.1) is 0 Å². The number of nitrogens with one attached hydrogen (secondary N) is 1. The summed E-state index contributed by atoms with van der Waals surface area (Å²) in [6, 6.07) is 13.7. The molecule has 0 saturated carbocycles. The van der Waals surface area contributed by atoms with Crippen LogP contribution in [0.2, 0.25) is 0 Å². The van der Waals surface area contributed by atoms with Gasteiger partial charge in [-0.1, -0.05) is 38.1 Å². The number of nitrogens with zero attached hydrogens (tertiary/aromatic N) is 2. The Kier molecular flexibility index (Phi) is 6.62. The van der Waals surface area contributed by atoms with Gasteiger partial charge in [0.15, 0.2) is 0 Å². The first-order valence-electron chi connectivity index (χ1n) is 10.0. The van der Waals surface area contributed by atoms with Gasteiger partial charge in [-0.25, -0.2) is 0 Å². The Bertz CT molecular complexity index is 744. The van der Waals surface area contributed by atoms with E-state index in [1.54, 1.807) is 0 Å². The molecule has 1 aromatic carbocycles. The number of aryl methyl sites for hydroxylation is 1. The number of hydrogen-bond acceptors (Lipinski definition) is 3. The Morgan fingerprint density at radius 3 is 2.70 bits per heavy atom. The maximum Gasteiger partial charge on any atom is 0.252 e. The summed E-state index contributed by atoms with van der Waals surface area (Å²) in [5.41, 5.74) is 2.70. The maximum absolute atomic E-state index is 13.0. The molecule has 1 aliphatic heterocycles. The summed E-state index contributed by atoms with van der Waals surface area (Å²) in [4.78, 5) is 20.1. The molecule has 1 amide bonds. The Morgan fingerprint density at radius 1 is 1.22 bits per heavy atom. The van der Waals surface area contributed by atoms with Crippen molar-refractivity contribution in [2.75, 3.05) is 19.6 Å². The lowest BCUT2D eigenvalue weighted by Crippen LogP contribution is -2.44. The van der Waals surface area contributed by atoms with Crippen LogP contribution in [-0.2, 0) is 0 Å². The zero-order valence-corrected chi connectivity index (χ0v) is 16.7. The van der Waals surface area contributed by atoms with Gasteiger partial charge in [-0.2, -0.15) is 0 Å². The lowest BCUT2D eigenvalue weighted by Gasteiger charge is -2.37. The Morgan fingerprint density at radius 2 is 2.00 bits per heavy atom. The molecule has 2 heterocycles. The van der Waals surface area contributed by atoms with Crippen molar-refractivity contribution in [3.8, 4) is 0 Å². The second-order valence-corrected chi connectivity index (χ2v) is 8.08. The van der Waals surface area contributed by atoms with Crippen LogP contribution >= 0.6 is 0 Å². The summed E-state index contributed by atoms with van der Waals surface area (Å²) in [6.07, 6.45) is 4.10. The number of aromatic nitrogens is 1. The van der Waals surface area contributed by atoms with E-state index < -0.39 is 0 Å². The topological polar surface area (TPSA) is 45.2 Å². The molecule has 144 valence electrons. The molecule has 0 aliphatic carbocycles. The molecule has 1 fully saturated rings. The number of carbonyl (C=O) groups is 1. The van der Waals surface area contributed by atoms with Crippen molar-refractivity contribution in [2.45, 2.75) is 39.7 Å². The Hall–Kier alpha value is -2.20. The van der Waals surface area contributed by atoms with Crippen LogP contribution in [0.4, 0.5) is 0 Å². The fourth-order valence-electron chi connectivity index (χ4n) is 4.09. The third-order valence-corrected chi connectivity index (χ3v) is 5.32. The van der Waals surface area contributed by atoms with Crippen molar-refractivity contribution in [1.29, 1.82) is 0 Å². The van der Waals surface area contributed by atoms with Gasteiger partial charge >= 0.3 is 0 Å². The van der Waals surface area contributed by atoms with E-state index in [1.165, 1.54) is 6.42 Å². The van der Waals surface area contributed by atoms with Crippen molar-refractivity contribution in [3.05, 3.63) is 65.5 Å². The van der Waals surface area contributed by atoms with Crippen LogP contribution in [0.25, 0.3) is 0 Å². The summed E-state index contributed by atoms with van der Waals surface area (Å²) in [5, 5.41) is 3.31. The lowest BCUT2D eigenvalue weighted by molar-refractivity contribution is 0.0870. The molecular weight excluding hydrogens is 334 g/mol.